The van der Waals surface area contributed by atoms with Crippen LogP contribution in [0.4, 0.5) is 10.8 Å². The van der Waals surface area contributed by atoms with Crippen molar-refractivity contribution in [3.63, 3.8) is 0 Å². The summed E-state index contributed by atoms with van der Waals surface area (Å²) < 4.78 is 0. The Morgan fingerprint density at radius 2 is 1.95 bits per heavy atom. The molecule has 3 rings (SSSR count). The van der Waals surface area contributed by atoms with Gasteiger partial charge in [0.05, 0.1) is 5.69 Å². The Kier molecular flexibility index (Phi) is 3.98. The number of phenolic OH excluding ortho intramolecular Hbond substituents is 2. The van der Waals surface area contributed by atoms with E-state index in [1.54, 1.807) is 6.07 Å². The van der Waals surface area contributed by atoms with Gasteiger partial charge in [0.25, 0.3) is 0 Å². The summed E-state index contributed by atoms with van der Waals surface area (Å²) >= 11 is 1.48. The van der Waals surface area contributed by atoms with Crippen LogP contribution in [-0.2, 0) is 6.42 Å². The first-order valence-corrected chi connectivity index (χ1v) is 7.88. The van der Waals surface area contributed by atoms with Crippen LogP contribution in [0.3, 0.4) is 0 Å². The molecule has 0 unspecified atom stereocenters. The number of nitrogens with one attached hydrogen (secondary N) is 1. The van der Waals surface area contributed by atoms with Crippen LogP contribution in [0, 0.1) is 0 Å². The maximum atomic E-state index is 9.91. The second kappa shape index (κ2) is 6.07. The Bertz CT molecular complexity index is 799. The molecule has 3 aromatic rings. The first-order valence-electron chi connectivity index (χ1n) is 7.00. The highest BCUT2D eigenvalue weighted by atomic mass is 32.1. The molecule has 1 heterocycles. The van der Waals surface area contributed by atoms with Crippen LogP contribution in [0.5, 0.6) is 11.5 Å². The largest absolute Gasteiger partial charge is 0.508 e. The summed E-state index contributed by atoms with van der Waals surface area (Å²) in [6, 6.07) is 12.6. The first kappa shape index (κ1) is 14.4. The molecular weight excluding hydrogens is 296 g/mol. The molecule has 0 radical (unpaired) electrons. The van der Waals surface area contributed by atoms with Gasteiger partial charge < -0.3 is 15.5 Å². The highest BCUT2D eigenvalue weighted by molar-refractivity contribution is 7.14. The van der Waals surface area contributed by atoms with Crippen molar-refractivity contribution in [2.45, 2.75) is 13.3 Å². The van der Waals surface area contributed by atoms with E-state index < -0.39 is 0 Å². The van der Waals surface area contributed by atoms with Crippen LogP contribution in [0.15, 0.2) is 47.8 Å². The molecule has 5 heteroatoms. The highest BCUT2D eigenvalue weighted by Gasteiger charge is 2.10. The fourth-order valence-corrected chi connectivity index (χ4v) is 2.98. The summed E-state index contributed by atoms with van der Waals surface area (Å²) in [5.41, 5.74) is 3.55. The van der Waals surface area contributed by atoms with Crippen LogP contribution >= 0.6 is 11.3 Å². The number of rotatable bonds is 4. The number of aryl methyl sites for hydroxylation is 1. The summed E-state index contributed by atoms with van der Waals surface area (Å²) in [6.07, 6.45) is 0.945. The van der Waals surface area contributed by atoms with E-state index in [4.69, 9.17) is 0 Å². The number of hydrogen-bond donors (Lipinski definition) is 3. The van der Waals surface area contributed by atoms with Gasteiger partial charge in [0, 0.05) is 22.7 Å². The van der Waals surface area contributed by atoms with Gasteiger partial charge in [0.15, 0.2) is 5.13 Å². The fraction of sp³-hybridized carbons (Fsp3) is 0.118. The number of nitrogens with zero attached hydrogens (tertiary/aromatic N) is 1. The molecule has 22 heavy (non-hydrogen) atoms. The molecule has 3 N–H and O–H groups in total. The maximum absolute atomic E-state index is 9.91. The third-order valence-electron chi connectivity index (χ3n) is 3.40. The van der Waals surface area contributed by atoms with Crippen molar-refractivity contribution in [1.82, 2.24) is 4.98 Å². The lowest BCUT2D eigenvalue weighted by Gasteiger charge is -2.07. The monoisotopic (exact) mass is 312 g/mol. The van der Waals surface area contributed by atoms with E-state index in [1.807, 2.05) is 23.6 Å². The lowest BCUT2D eigenvalue weighted by atomic mass is 10.1. The summed E-state index contributed by atoms with van der Waals surface area (Å²) in [5, 5.41) is 25.2. The number of aromatic hydroxyl groups is 2. The molecule has 0 amide bonds. The molecule has 0 saturated heterocycles. The van der Waals surface area contributed by atoms with Crippen molar-refractivity contribution in [1.29, 1.82) is 0 Å². The van der Waals surface area contributed by atoms with E-state index in [1.165, 1.54) is 29.0 Å². The van der Waals surface area contributed by atoms with Crippen LogP contribution < -0.4 is 5.32 Å². The van der Waals surface area contributed by atoms with Crippen molar-refractivity contribution in [3.8, 4) is 22.8 Å². The SMILES string of the molecule is CCc1ccccc1Nc1nc(-c2ccc(O)cc2O)cs1. The minimum Gasteiger partial charge on any atom is -0.508 e. The Morgan fingerprint density at radius 3 is 2.73 bits per heavy atom. The van der Waals surface area contributed by atoms with Gasteiger partial charge in [-0.25, -0.2) is 4.98 Å². The number of benzene rings is 2. The Morgan fingerprint density at radius 1 is 1.14 bits per heavy atom. The van der Waals surface area contributed by atoms with Crippen LogP contribution in [0.2, 0.25) is 0 Å². The quantitative estimate of drug-likeness (QED) is 0.662. The molecule has 0 atom stereocenters. The molecular formula is C17H16N2O2S. The average molecular weight is 312 g/mol. The van der Waals surface area contributed by atoms with Gasteiger partial charge in [0.1, 0.15) is 11.5 Å². The standard InChI is InChI=1S/C17H16N2O2S/c1-2-11-5-3-4-6-14(11)18-17-19-15(10-22-17)13-8-7-12(20)9-16(13)21/h3-10,20-21H,2H2,1H3,(H,18,19). The van der Waals surface area contributed by atoms with Gasteiger partial charge in [-0.1, -0.05) is 25.1 Å². The number of anilines is 2. The van der Waals surface area contributed by atoms with Crippen LogP contribution in [-0.4, -0.2) is 15.2 Å². The predicted molar refractivity (Wildman–Crippen MR) is 90.0 cm³/mol. The van der Waals surface area contributed by atoms with Gasteiger partial charge in [-0.3, -0.25) is 0 Å². The normalized spacial score (nSPS) is 10.6. The third kappa shape index (κ3) is 2.89. The molecule has 0 fully saturated rings. The Labute approximate surface area is 132 Å². The van der Waals surface area contributed by atoms with Crippen molar-refractivity contribution in [2.24, 2.45) is 0 Å². The fourth-order valence-electron chi connectivity index (χ4n) is 2.26. The van der Waals surface area contributed by atoms with E-state index in [2.05, 4.69) is 23.3 Å². The Hall–Kier alpha value is -2.53. The highest BCUT2D eigenvalue weighted by Crippen LogP contribution is 2.34. The second-order valence-corrected chi connectivity index (χ2v) is 5.73. The molecule has 4 nitrogen and oxygen atoms in total. The van der Waals surface area contributed by atoms with Gasteiger partial charge in [-0.05, 0) is 30.2 Å². The summed E-state index contributed by atoms with van der Waals surface area (Å²) in [5.74, 6) is 0.0532. The van der Waals surface area contributed by atoms with Crippen molar-refractivity contribution in [2.75, 3.05) is 5.32 Å². The van der Waals surface area contributed by atoms with Gasteiger partial charge >= 0.3 is 0 Å². The molecule has 0 spiro atoms. The smallest absolute Gasteiger partial charge is 0.187 e. The van der Waals surface area contributed by atoms with Crippen molar-refractivity contribution < 1.29 is 10.2 Å². The average Bonchev–Trinajstić information content (AvgIpc) is 2.96. The molecule has 0 aliphatic carbocycles. The molecule has 112 valence electrons. The van der Waals surface area contributed by atoms with E-state index >= 15 is 0 Å². The molecule has 0 aliphatic heterocycles. The lowest BCUT2D eigenvalue weighted by molar-refractivity contribution is 0.452. The van der Waals surface area contributed by atoms with Gasteiger partial charge in [0.2, 0.25) is 0 Å². The summed E-state index contributed by atoms with van der Waals surface area (Å²) in [4.78, 5) is 4.51. The molecule has 0 saturated carbocycles. The summed E-state index contributed by atoms with van der Waals surface area (Å²) in [6.45, 7) is 2.11. The zero-order chi connectivity index (χ0) is 15.5. The minimum atomic E-state index is 0.0193. The number of thiazole rings is 1. The summed E-state index contributed by atoms with van der Waals surface area (Å²) in [7, 11) is 0. The van der Waals surface area contributed by atoms with E-state index in [-0.39, 0.29) is 11.5 Å². The third-order valence-corrected chi connectivity index (χ3v) is 4.16. The zero-order valence-corrected chi connectivity index (χ0v) is 12.9. The maximum Gasteiger partial charge on any atom is 0.187 e. The molecule has 2 aromatic carbocycles. The topological polar surface area (TPSA) is 65.4 Å². The molecule has 1 aromatic heterocycles. The zero-order valence-electron chi connectivity index (χ0n) is 12.1. The van der Waals surface area contributed by atoms with E-state index in [0.29, 0.717) is 11.3 Å². The van der Waals surface area contributed by atoms with Gasteiger partial charge in [-0.15, -0.1) is 11.3 Å². The number of hydrogen-bond acceptors (Lipinski definition) is 5. The van der Waals surface area contributed by atoms with Crippen molar-refractivity contribution in [3.05, 3.63) is 53.4 Å². The van der Waals surface area contributed by atoms with Crippen LogP contribution in [0.25, 0.3) is 11.3 Å². The Balaban J connectivity index is 1.88. The number of aromatic nitrogens is 1. The molecule has 0 aliphatic rings. The second-order valence-electron chi connectivity index (χ2n) is 4.88. The van der Waals surface area contributed by atoms with Gasteiger partial charge in [-0.2, -0.15) is 0 Å². The van der Waals surface area contributed by atoms with Crippen molar-refractivity contribution >= 4 is 22.2 Å². The lowest BCUT2D eigenvalue weighted by Crippen LogP contribution is -1.94. The van der Waals surface area contributed by atoms with E-state index in [0.717, 1.165) is 17.2 Å². The first-order chi connectivity index (χ1) is 10.7. The minimum absolute atomic E-state index is 0.0193. The number of phenols is 2. The van der Waals surface area contributed by atoms with E-state index in [9.17, 15) is 10.2 Å². The molecule has 0 bridgehead atoms. The number of para-hydroxylation sites is 1. The van der Waals surface area contributed by atoms with Crippen LogP contribution in [0.1, 0.15) is 12.5 Å². The predicted octanol–water partition coefficient (Wildman–Crippen LogP) is 4.53.